The largest absolute Gasteiger partial charge is 0.310 e. The quantitative estimate of drug-likeness (QED) is 0.136. The molecule has 2 unspecified atom stereocenters. The maximum Gasteiger partial charge on any atom is 0.113 e. The molecule has 6 nitrogen and oxygen atoms in total. The van der Waals surface area contributed by atoms with Crippen molar-refractivity contribution in [3.8, 4) is 101 Å². The minimum Gasteiger partial charge on any atom is -0.310 e. The van der Waals surface area contributed by atoms with Gasteiger partial charge in [-0.1, -0.05) is 198 Å². The SMILES string of the molecule is CC1(C)c2cc(-c3ccc4c(c3)C(C)(C#N)c3cc(N(c5ccccc5)c5ccccc5)ccc3-4)ccc2-c2ccc(-c3ccc(-c4ccc5c(c4)C(C)(C#N)c4cc(-c6ccc7c(c6)C(C)(C)c6cc(N(c8ccccc8)c8ccccc8)ccc6-7)ccc4-5)c4nsnc34)cc21. The number of aromatic nitrogens is 2. The third-order valence-electron chi connectivity index (χ3n) is 21.9. The van der Waals surface area contributed by atoms with Crippen LogP contribution >= 0.6 is 11.7 Å². The van der Waals surface area contributed by atoms with Gasteiger partial charge < -0.3 is 9.80 Å². The average Bonchev–Trinajstić information content (AvgIpc) is 1.58. The molecule has 0 amide bonds. The zero-order valence-corrected chi connectivity index (χ0v) is 55.5. The van der Waals surface area contributed by atoms with Crippen LogP contribution in [-0.2, 0) is 21.7 Å². The predicted molar refractivity (Wildman–Crippen MR) is 399 cm³/mol. The Morgan fingerprint density at radius 2 is 0.495 bits per heavy atom. The summed E-state index contributed by atoms with van der Waals surface area (Å²) in [7, 11) is 0. The highest BCUT2D eigenvalue weighted by atomic mass is 32.1. The number of fused-ring (bicyclic) bond motifs is 13. The van der Waals surface area contributed by atoms with Crippen LogP contribution in [0.4, 0.5) is 34.1 Å². The Balaban J connectivity index is 0.620. The second kappa shape index (κ2) is 21.4. The number of anilines is 6. The van der Waals surface area contributed by atoms with Crippen molar-refractivity contribution in [1.29, 1.82) is 10.5 Å². The number of rotatable bonds is 10. The summed E-state index contributed by atoms with van der Waals surface area (Å²) in [5.74, 6) is 0. The van der Waals surface area contributed by atoms with E-state index in [2.05, 4.69) is 330 Å². The van der Waals surface area contributed by atoms with Crippen LogP contribution < -0.4 is 9.80 Å². The Hall–Kier alpha value is -11.7. The highest BCUT2D eigenvalue weighted by molar-refractivity contribution is 7.00. The molecule has 4 aliphatic carbocycles. The molecule has 0 N–H and O–H groups in total. The minimum atomic E-state index is -0.898. The summed E-state index contributed by atoms with van der Waals surface area (Å²) >= 11 is 1.24. The van der Waals surface area contributed by atoms with E-state index in [-0.39, 0.29) is 10.8 Å². The van der Waals surface area contributed by atoms with E-state index in [4.69, 9.17) is 8.75 Å². The molecule has 1 aromatic heterocycles. The molecule has 0 fully saturated rings. The van der Waals surface area contributed by atoms with Crippen LogP contribution in [0.1, 0.15) is 86.1 Å². The summed E-state index contributed by atoms with van der Waals surface area (Å²) < 4.78 is 10.0. The van der Waals surface area contributed by atoms with Crippen molar-refractivity contribution in [2.45, 2.75) is 63.2 Å². The van der Waals surface area contributed by atoms with E-state index >= 15 is 0 Å². The molecule has 460 valence electrons. The lowest BCUT2D eigenvalue weighted by molar-refractivity contribution is 0.660. The molecule has 0 saturated heterocycles. The van der Waals surface area contributed by atoms with Crippen LogP contribution in [-0.4, -0.2) is 8.75 Å². The highest BCUT2D eigenvalue weighted by Crippen LogP contribution is 2.57. The lowest BCUT2D eigenvalue weighted by Crippen LogP contribution is -2.19. The number of nitrogens with zero attached hydrogens (tertiary/aromatic N) is 6. The smallest absolute Gasteiger partial charge is 0.113 e. The molecule has 0 aliphatic heterocycles. The lowest BCUT2D eigenvalue weighted by Gasteiger charge is -2.28. The van der Waals surface area contributed by atoms with Crippen LogP contribution in [0.5, 0.6) is 0 Å². The van der Waals surface area contributed by atoms with Crippen molar-refractivity contribution in [3.63, 3.8) is 0 Å². The Labute approximate surface area is 570 Å². The van der Waals surface area contributed by atoms with Crippen LogP contribution in [0.25, 0.3) is 100 Å². The summed E-state index contributed by atoms with van der Waals surface area (Å²) in [6.07, 6.45) is 0. The van der Waals surface area contributed by atoms with E-state index in [0.29, 0.717) is 0 Å². The standard InChI is InChI=1S/C90H64N6S/c1-87(2)77-45-55(58-30-38-74-76-42-34-66(52-84(76)90(6,54-92)82(74)48-58)96(63-23-15-9-16-24-63)64-25-17-10-18-26-64)27-35-69(77)71-39-31-59(49-79(71)87)67-43-44-68(86-85(67)93-97-94-86)60-32-40-75-73-37-29-57(47-81(73)89(5,53-91)83(75)50-60)56-28-36-70-72-41-33-65(51-80(72)88(3,4)78(70)46-56)95(61-19-11-7-12-20-61)62-21-13-8-14-22-62/h7-52H,1-6H3. The third kappa shape index (κ3) is 8.61. The second-order valence-electron chi connectivity index (χ2n) is 27.9. The zero-order chi connectivity index (χ0) is 65.7. The van der Waals surface area contributed by atoms with Gasteiger partial charge in [0, 0.05) is 56.1 Å². The molecule has 2 atom stereocenters. The van der Waals surface area contributed by atoms with Gasteiger partial charge in [-0.15, -0.1) is 0 Å². The Bertz CT molecular complexity index is 5640. The second-order valence-corrected chi connectivity index (χ2v) is 28.4. The third-order valence-corrected chi connectivity index (χ3v) is 22.4. The van der Waals surface area contributed by atoms with E-state index < -0.39 is 10.8 Å². The number of hydrogen-bond donors (Lipinski definition) is 0. The summed E-state index contributed by atoms with van der Waals surface area (Å²) in [6.45, 7) is 13.5. The van der Waals surface area contributed by atoms with E-state index in [1.807, 2.05) is 12.1 Å². The molecule has 97 heavy (non-hydrogen) atoms. The zero-order valence-electron chi connectivity index (χ0n) is 54.6. The van der Waals surface area contributed by atoms with Gasteiger partial charge in [-0.05, 0) is 245 Å². The average molecular weight is 1260 g/mol. The molecule has 4 aliphatic rings. The molecule has 0 radical (unpaired) electrons. The van der Waals surface area contributed by atoms with Crippen molar-refractivity contribution >= 4 is 56.9 Å². The number of nitriles is 2. The van der Waals surface area contributed by atoms with Crippen molar-refractivity contribution in [3.05, 3.63) is 324 Å². The van der Waals surface area contributed by atoms with Crippen LogP contribution in [0.2, 0.25) is 0 Å². The predicted octanol–water partition coefficient (Wildman–Crippen LogP) is 23.5. The maximum absolute atomic E-state index is 11.3. The fourth-order valence-corrected chi connectivity index (χ4v) is 17.2. The van der Waals surface area contributed by atoms with Crippen molar-refractivity contribution in [2.24, 2.45) is 0 Å². The number of hydrogen-bond acceptors (Lipinski definition) is 7. The fraction of sp³-hybridized carbons (Fsp3) is 0.111. The Kier molecular flexibility index (Phi) is 12.8. The molecule has 14 aromatic rings. The topological polar surface area (TPSA) is 79.8 Å². The van der Waals surface area contributed by atoms with Gasteiger partial charge in [0.25, 0.3) is 0 Å². The number of para-hydroxylation sites is 4. The molecule has 13 aromatic carbocycles. The Morgan fingerprint density at radius 1 is 0.258 bits per heavy atom. The van der Waals surface area contributed by atoms with Gasteiger partial charge in [0.05, 0.1) is 23.9 Å². The van der Waals surface area contributed by atoms with Gasteiger partial charge in [-0.2, -0.15) is 19.3 Å². The van der Waals surface area contributed by atoms with E-state index in [9.17, 15) is 10.5 Å². The van der Waals surface area contributed by atoms with Gasteiger partial charge in [0.15, 0.2) is 0 Å². The molecule has 18 rings (SSSR count). The molecular formula is C90H64N6S. The molecule has 0 spiro atoms. The van der Waals surface area contributed by atoms with Crippen molar-refractivity contribution in [2.75, 3.05) is 9.80 Å². The number of benzene rings is 13. The maximum atomic E-state index is 11.3. The van der Waals surface area contributed by atoms with Crippen LogP contribution in [0.3, 0.4) is 0 Å². The fourth-order valence-electron chi connectivity index (χ4n) is 16.6. The van der Waals surface area contributed by atoms with Crippen LogP contribution in [0.15, 0.2) is 279 Å². The molecular weight excluding hydrogens is 1200 g/mol. The minimum absolute atomic E-state index is 0.262. The Morgan fingerprint density at radius 3 is 0.825 bits per heavy atom. The molecule has 0 saturated carbocycles. The first-order valence-electron chi connectivity index (χ1n) is 33.3. The van der Waals surface area contributed by atoms with E-state index in [1.54, 1.807) is 0 Å². The summed E-state index contributed by atoms with van der Waals surface area (Å²) in [5.41, 5.74) is 33.0. The van der Waals surface area contributed by atoms with Gasteiger partial charge in [0.2, 0.25) is 0 Å². The van der Waals surface area contributed by atoms with E-state index in [0.717, 1.165) is 134 Å². The first kappa shape index (κ1) is 57.9. The molecule has 0 bridgehead atoms. The molecule has 7 heteroatoms. The van der Waals surface area contributed by atoms with Crippen LogP contribution in [0, 0.1) is 22.7 Å². The summed E-state index contributed by atoms with van der Waals surface area (Å²) in [5, 5.41) is 22.5. The normalized spacial score (nSPS) is 16.6. The summed E-state index contributed by atoms with van der Waals surface area (Å²) in [4.78, 5) is 4.60. The lowest BCUT2D eigenvalue weighted by atomic mass is 9.79. The highest BCUT2D eigenvalue weighted by Gasteiger charge is 2.44. The first-order chi connectivity index (χ1) is 47.2. The monoisotopic (exact) mass is 1260 g/mol. The van der Waals surface area contributed by atoms with Crippen molar-refractivity contribution < 1.29 is 0 Å². The van der Waals surface area contributed by atoms with Gasteiger partial charge in [0.1, 0.15) is 21.9 Å². The first-order valence-corrected chi connectivity index (χ1v) is 34.0. The molecule has 1 heterocycles. The van der Waals surface area contributed by atoms with E-state index in [1.165, 1.54) is 56.2 Å². The van der Waals surface area contributed by atoms with Gasteiger partial charge >= 0.3 is 0 Å². The van der Waals surface area contributed by atoms with Gasteiger partial charge in [-0.3, -0.25) is 0 Å². The van der Waals surface area contributed by atoms with Gasteiger partial charge in [-0.25, -0.2) is 0 Å². The summed E-state index contributed by atoms with van der Waals surface area (Å²) in [6, 6.07) is 106. The van der Waals surface area contributed by atoms with Crippen molar-refractivity contribution in [1.82, 2.24) is 8.75 Å².